The number of likely N-dealkylation sites (tertiary alicyclic amines) is 1. The minimum atomic E-state index is -0.625. The molecule has 8 rings (SSSR count). The number of ether oxygens (including phenoxy) is 2. The Bertz CT molecular complexity index is 1860. The largest absolute Gasteiger partial charge is 0.459 e. The summed E-state index contributed by atoms with van der Waals surface area (Å²) < 4.78 is 44.7. The van der Waals surface area contributed by atoms with E-state index >= 15 is 4.39 Å². The molecule has 4 atom stereocenters. The number of nitrogens with zero attached hydrogens (tertiary/aromatic N) is 6. The highest BCUT2D eigenvalue weighted by molar-refractivity contribution is 7.23. The monoisotopic (exact) mass is 650 g/mol. The topological polar surface area (TPSA) is 146 Å². The highest BCUT2D eigenvalue weighted by Gasteiger charge is 2.41. The van der Waals surface area contributed by atoms with E-state index in [0.29, 0.717) is 16.8 Å². The molecular formula is C32H36F2N8O3S. The van der Waals surface area contributed by atoms with Crippen molar-refractivity contribution in [3.05, 3.63) is 34.5 Å². The molecule has 4 aliphatic rings. The highest BCUT2D eigenvalue weighted by atomic mass is 32.1. The van der Waals surface area contributed by atoms with Crippen LogP contribution in [0, 0.1) is 23.0 Å². The molecule has 4 aliphatic heterocycles. The van der Waals surface area contributed by atoms with Gasteiger partial charge in [-0.2, -0.15) is 15.2 Å². The Hall–Kier alpha value is -3.74. The Labute approximate surface area is 268 Å². The van der Waals surface area contributed by atoms with Gasteiger partial charge < -0.3 is 30.5 Å². The van der Waals surface area contributed by atoms with Crippen LogP contribution in [0.25, 0.3) is 32.2 Å². The zero-order valence-corrected chi connectivity index (χ0v) is 26.8. The average molecular weight is 651 g/mol. The number of hydrogen-bond acceptors (Lipinski definition) is 12. The third kappa shape index (κ3) is 4.75. The molecule has 4 unspecified atom stereocenters. The van der Waals surface area contributed by atoms with Crippen molar-refractivity contribution in [3.63, 3.8) is 0 Å². The van der Waals surface area contributed by atoms with Crippen molar-refractivity contribution in [1.82, 2.24) is 25.2 Å². The number of thiophene rings is 1. The minimum absolute atomic E-state index is 0.0819. The zero-order valence-electron chi connectivity index (χ0n) is 25.9. The smallest absolute Gasteiger partial charge is 0.319 e. The summed E-state index contributed by atoms with van der Waals surface area (Å²) in [4.78, 5) is 18.7. The SMILES string of the molecule is CC(Oc1nc(N2C3CCC2CNC3)c2c3c(c(-c4ncc(F)c5sc(N)c(C#N)c45)c(F)c2n1)COC3)C1CCCN1C.CO. The fourth-order valence-electron chi connectivity index (χ4n) is 7.76. The van der Waals surface area contributed by atoms with Crippen LogP contribution in [0.1, 0.15) is 49.3 Å². The van der Waals surface area contributed by atoms with E-state index in [1.54, 1.807) is 0 Å². The number of nitriles is 1. The first kappa shape index (κ1) is 30.9. The second-order valence-electron chi connectivity index (χ2n) is 12.3. The molecule has 4 N–H and O–H groups in total. The van der Waals surface area contributed by atoms with Crippen LogP contribution in [-0.2, 0) is 18.0 Å². The number of aromatic nitrogens is 3. The normalized spacial score (nSPS) is 23.0. The van der Waals surface area contributed by atoms with E-state index in [0.717, 1.165) is 75.5 Å². The number of halogens is 2. The number of aliphatic hydroxyl groups is 1. The van der Waals surface area contributed by atoms with Crippen LogP contribution in [-0.4, -0.2) is 83.0 Å². The molecule has 14 heteroatoms. The third-order valence-corrected chi connectivity index (χ3v) is 10.9. The number of aliphatic hydroxyl groups excluding tert-OH is 1. The Morgan fingerprint density at radius 1 is 1.15 bits per heavy atom. The zero-order chi connectivity index (χ0) is 32.3. The minimum Gasteiger partial charge on any atom is -0.459 e. The number of anilines is 2. The van der Waals surface area contributed by atoms with Gasteiger partial charge in [0, 0.05) is 49.3 Å². The van der Waals surface area contributed by atoms with Crippen molar-refractivity contribution in [2.45, 2.75) is 70.1 Å². The molecule has 0 aliphatic carbocycles. The molecule has 3 saturated heterocycles. The van der Waals surface area contributed by atoms with E-state index in [9.17, 15) is 9.65 Å². The number of benzene rings is 1. The summed E-state index contributed by atoms with van der Waals surface area (Å²) in [7, 11) is 3.08. The van der Waals surface area contributed by atoms with Gasteiger partial charge in [-0.25, -0.2) is 8.78 Å². The molecule has 242 valence electrons. The Morgan fingerprint density at radius 3 is 2.59 bits per heavy atom. The van der Waals surface area contributed by atoms with Gasteiger partial charge in [-0.3, -0.25) is 9.88 Å². The van der Waals surface area contributed by atoms with Crippen LogP contribution in [0.4, 0.5) is 19.6 Å². The van der Waals surface area contributed by atoms with Gasteiger partial charge in [-0.15, -0.1) is 11.3 Å². The van der Waals surface area contributed by atoms with E-state index in [2.05, 4.69) is 33.2 Å². The quantitative estimate of drug-likeness (QED) is 0.287. The molecule has 11 nitrogen and oxygen atoms in total. The number of nitrogens with two attached hydrogens (primary N) is 1. The number of likely N-dealkylation sites (N-methyl/N-ethyl adjacent to an activating group) is 1. The second kappa shape index (κ2) is 12.1. The summed E-state index contributed by atoms with van der Waals surface area (Å²) >= 11 is 0.956. The van der Waals surface area contributed by atoms with Gasteiger partial charge in [0.2, 0.25) is 0 Å². The number of nitrogens with one attached hydrogen (secondary N) is 1. The lowest BCUT2D eigenvalue weighted by molar-refractivity contribution is 0.112. The third-order valence-electron chi connectivity index (χ3n) is 9.84. The number of pyridine rings is 1. The molecule has 7 heterocycles. The predicted octanol–water partition coefficient (Wildman–Crippen LogP) is 4.08. The van der Waals surface area contributed by atoms with Crippen LogP contribution in [0.15, 0.2) is 6.20 Å². The summed E-state index contributed by atoms with van der Waals surface area (Å²) in [5.41, 5.74) is 7.98. The van der Waals surface area contributed by atoms with Crippen molar-refractivity contribution in [1.29, 1.82) is 5.26 Å². The van der Waals surface area contributed by atoms with Crippen molar-refractivity contribution in [3.8, 4) is 23.3 Å². The van der Waals surface area contributed by atoms with Gasteiger partial charge in [-0.1, -0.05) is 0 Å². The fourth-order valence-corrected chi connectivity index (χ4v) is 8.69. The van der Waals surface area contributed by atoms with Crippen molar-refractivity contribution in [2.24, 2.45) is 0 Å². The van der Waals surface area contributed by atoms with Crippen LogP contribution in [0.3, 0.4) is 0 Å². The highest BCUT2D eigenvalue weighted by Crippen LogP contribution is 2.47. The first-order valence-corrected chi connectivity index (χ1v) is 16.4. The molecule has 0 radical (unpaired) electrons. The maximum Gasteiger partial charge on any atom is 0.319 e. The van der Waals surface area contributed by atoms with Crippen molar-refractivity contribution >= 4 is 43.1 Å². The number of hydrogen-bond donors (Lipinski definition) is 3. The standard InChI is InChI=1S/C31H32F2N8O2S.CH4O/c1-14(21-4-3-7-40(21)2)43-31-38-27-24(30(39-31)41-15-5-6-16(41)10-36-9-15)19-13-42-12-18(19)22(25(27)33)26-23-17(8-34)29(35)44-28(23)20(32)11-37-26;1-2/h11,14-16,21,36H,3-7,9-10,12-13,35H2,1-2H3;2H,1H3. The van der Waals surface area contributed by atoms with Crippen molar-refractivity contribution in [2.75, 3.05) is 44.4 Å². The van der Waals surface area contributed by atoms with Crippen LogP contribution in [0.2, 0.25) is 0 Å². The lowest BCUT2D eigenvalue weighted by Crippen LogP contribution is -2.52. The molecule has 0 spiro atoms. The summed E-state index contributed by atoms with van der Waals surface area (Å²) in [6, 6.07) is 2.82. The summed E-state index contributed by atoms with van der Waals surface area (Å²) in [5, 5.41) is 21.4. The van der Waals surface area contributed by atoms with E-state index in [4.69, 9.17) is 30.3 Å². The average Bonchev–Trinajstić information content (AvgIpc) is 3.84. The first-order chi connectivity index (χ1) is 22.4. The number of rotatable bonds is 5. The summed E-state index contributed by atoms with van der Waals surface area (Å²) in [6.07, 6.45) is 4.95. The predicted molar refractivity (Wildman–Crippen MR) is 172 cm³/mol. The van der Waals surface area contributed by atoms with Gasteiger partial charge in [0.15, 0.2) is 11.6 Å². The maximum atomic E-state index is 17.2. The number of piperazine rings is 1. The van der Waals surface area contributed by atoms with Crippen LogP contribution < -0.4 is 20.7 Å². The lowest BCUT2D eigenvalue weighted by Gasteiger charge is -2.37. The van der Waals surface area contributed by atoms with Gasteiger partial charge in [0.05, 0.1) is 40.8 Å². The molecular weight excluding hydrogens is 614 g/mol. The molecule has 2 bridgehead atoms. The van der Waals surface area contributed by atoms with Crippen LogP contribution in [0.5, 0.6) is 6.01 Å². The van der Waals surface area contributed by atoms with Gasteiger partial charge in [0.1, 0.15) is 28.5 Å². The summed E-state index contributed by atoms with van der Waals surface area (Å²) in [6.45, 7) is 5.01. The van der Waals surface area contributed by atoms with Crippen LogP contribution >= 0.6 is 11.3 Å². The van der Waals surface area contributed by atoms with E-state index in [1.165, 1.54) is 0 Å². The van der Waals surface area contributed by atoms with Crippen molar-refractivity contribution < 1.29 is 23.4 Å². The molecule has 1 aromatic carbocycles. The molecule has 3 fully saturated rings. The van der Waals surface area contributed by atoms with Gasteiger partial charge >= 0.3 is 6.01 Å². The second-order valence-corrected chi connectivity index (χ2v) is 13.3. The molecule has 3 aromatic heterocycles. The first-order valence-electron chi connectivity index (χ1n) is 15.6. The van der Waals surface area contributed by atoms with Gasteiger partial charge in [-0.05, 0) is 57.3 Å². The van der Waals surface area contributed by atoms with Gasteiger partial charge in [0.25, 0.3) is 0 Å². The summed E-state index contributed by atoms with van der Waals surface area (Å²) in [5.74, 6) is -0.579. The number of nitrogen functional groups attached to an aromatic ring is 1. The maximum absolute atomic E-state index is 17.2. The Balaban J connectivity index is 0.00000166. The molecule has 46 heavy (non-hydrogen) atoms. The molecule has 0 amide bonds. The Morgan fingerprint density at radius 2 is 1.89 bits per heavy atom. The molecule has 0 saturated carbocycles. The Kier molecular flexibility index (Phi) is 8.14. The van der Waals surface area contributed by atoms with E-state index < -0.39 is 11.6 Å². The number of fused-ring (bicyclic) bond motifs is 6. The fraction of sp³-hybridized carbons (Fsp3) is 0.500. The van der Waals surface area contributed by atoms with E-state index in [-0.39, 0.29) is 80.9 Å². The lowest BCUT2D eigenvalue weighted by atomic mass is 9.93. The van der Waals surface area contributed by atoms with E-state index in [1.807, 2.05) is 6.92 Å². The molecule has 4 aromatic rings.